The molecule has 1 rings (SSSR count). The summed E-state index contributed by atoms with van der Waals surface area (Å²) in [6, 6.07) is 2.68. The first-order valence-corrected chi connectivity index (χ1v) is 6.46. The first-order valence-electron chi connectivity index (χ1n) is 6.46. The molecule has 3 nitrogen and oxygen atoms in total. The third-order valence-corrected chi connectivity index (χ3v) is 3.15. The second-order valence-electron chi connectivity index (χ2n) is 4.90. The molecule has 0 aliphatic heterocycles. The average molecular weight is 235 g/mol. The van der Waals surface area contributed by atoms with Gasteiger partial charge in [0.15, 0.2) is 0 Å². The van der Waals surface area contributed by atoms with Gasteiger partial charge in [0.1, 0.15) is 0 Å². The molecular formula is C14H25N3. The predicted octanol–water partition coefficient (Wildman–Crippen LogP) is 2.92. The third-order valence-electron chi connectivity index (χ3n) is 3.15. The molecule has 0 aliphatic carbocycles. The van der Waals surface area contributed by atoms with Crippen molar-refractivity contribution < 1.29 is 0 Å². The van der Waals surface area contributed by atoms with Crippen LogP contribution in [0.5, 0.6) is 0 Å². The number of hydrogen-bond acceptors (Lipinski definition) is 3. The van der Waals surface area contributed by atoms with Crippen molar-refractivity contribution in [1.29, 1.82) is 0 Å². The van der Waals surface area contributed by atoms with Crippen molar-refractivity contribution >= 4 is 5.69 Å². The van der Waals surface area contributed by atoms with Gasteiger partial charge in [-0.3, -0.25) is 4.98 Å². The largest absolute Gasteiger partial charge is 0.385 e. The smallest absolute Gasteiger partial charge is 0.0400 e. The van der Waals surface area contributed by atoms with Crippen molar-refractivity contribution in [3.63, 3.8) is 0 Å². The van der Waals surface area contributed by atoms with Gasteiger partial charge in [-0.1, -0.05) is 0 Å². The first-order chi connectivity index (χ1) is 8.11. The molecule has 0 bridgehead atoms. The van der Waals surface area contributed by atoms with Gasteiger partial charge in [-0.2, -0.15) is 0 Å². The minimum Gasteiger partial charge on any atom is -0.385 e. The number of aromatic nitrogens is 1. The average Bonchev–Trinajstić information content (AvgIpc) is 2.30. The molecule has 0 fully saturated rings. The first kappa shape index (κ1) is 14.0. The van der Waals surface area contributed by atoms with Crippen LogP contribution in [0.4, 0.5) is 5.69 Å². The zero-order valence-corrected chi connectivity index (χ0v) is 11.5. The summed E-state index contributed by atoms with van der Waals surface area (Å²) in [7, 11) is 2.19. The molecule has 0 aliphatic rings. The molecule has 96 valence electrons. The highest BCUT2D eigenvalue weighted by atomic mass is 15.1. The minimum atomic E-state index is 0.644. The van der Waals surface area contributed by atoms with E-state index in [1.165, 1.54) is 30.6 Å². The summed E-state index contributed by atoms with van der Waals surface area (Å²) in [5.74, 6) is 0. The van der Waals surface area contributed by atoms with Crippen LogP contribution in [0.2, 0.25) is 0 Å². The van der Waals surface area contributed by atoms with E-state index in [-0.39, 0.29) is 0 Å². The fraction of sp³-hybridized carbons (Fsp3) is 0.643. The van der Waals surface area contributed by atoms with Gasteiger partial charge in [-0.05, 0) is 58.8 Å². The fourth-order valence-electron chi connectivity index (χ4n) is 1.64. The van der Waals surface area contributed by atoms with Crippen LogP contribution in [0.25, 0.3) is 0 Å². The third kappa shape index (κ3) is 5.18. The molecule has 1 heterocycles. The summed E-state index contributed by atoms with van der Waals surface area (Å²) in [5, 5.41) is 3.46. The van der Waals surface area contributed by atoms with Crippen molar-refractivity contribution in [2.24, 2.45) is 0 Å². The Labute approximate surface area is 105 Å². The van der Waals surface area contributed by atoms with Crippen LogP contribution in [0.15, 0.2) is 18.5 Å². The molecule has 17 heavy (non-hydrogen) atoms. The summed E-state index contributed by atoms with van der Waals surface area (Å²) >= 11 is 0. The predicted molar refractivity (Wildman–Crippen MR) is 74.5 cm³/mol. The van der Waals surface area contributed by atoms with Crippen molar-refractivity contribution in [1.82, 2.24) is 9.88 Å². The summed E-state index contributed by atoms with van der Waals surface area (Å²) < 4.78 is 0. The standard InChI is InChI=1S/C14H25N3/c1-12(2)17(4)10-6-5-8-16-14-7-9-15-11-13(14)3/h7,9,11-12H,5-6,8,10H2,1-4H3,(H,15,16). The van der Waals surface area contributed by atoms with Gasteiger partial charge in [0.2, 0.25) is 0 Å². The van der Waals surface area contributed by atoms with Crippen molar-refractivity contribution in [3.05, 3.63) is 24.0 Å². The molecule has 3 heteroatoms. The Bertz CT molecular complexity index is 323. The Morgan fingerprint density at radius 1 is 1.35 bits per heavy atom. The quantitative estimate of drug-likeness (QED) is 0.737. The summed E-state index contributed by atoms with van der Waals surface area (Å²) in [6.45, 7) is 8.77. The molecule has 0 saturated carbocycles. The Balaban J connectivity index is 2.15. The number of unbranched alkanes of at least 4 members (excludes halogenated alkanes) is 1. The SMILES string of the molecule is Cc1cnccc1NCCCCN(C)C(C)C. The Morgan fingerprint density at radius 3 is 2.76 bits per heavy atom. The van der Waals surface area contributed by atoms with Crippen LogP contribution < -0.4 is 5.32 Å². The zero-order valence-electron chi connectivity index (χ0n) is 11.5. The molecule has 0 unspecified atom stereocenters. The molecule has 1 N–H and O–H groups in total. The number of aryl methyl sites for hydroxylation is 1. The highest BCUT2D eigenvalue weighted by Crippen LogP contribution is 2.11. The lowest BCUT2D eigenvalue weighted by atomic mass is 10.2. The lowest BCUT2D eigenvalue weighted by Crippen LogP contribution is -2.27. The van der Waals surface area contributed by atoms with Crippen LogP contribution in [-0.4, -0.2) is 36.1 Å². The van der Waals surface area contributed by atoms with E-state index in [9.17, 15) is 0 Å². The Morgan fingerprint density at radius 2 is 2.12 bits per heavy atom. The van der Waals surface area contributed by atoms with Gasteiger partial charge in [0.05, 0.1) is 0 Å². The van der Waals surface area contributed by atoms with Crippen LogP contribution in [-0.2, 0) is 0 Å². The summed E-state index contributed by atoms with van der Waals surface area (Å²) in [6.07, 6.45) is 6.18. The monoisotopic (exact) mass is 235 g/mol. The van der Waals surface area contributed by atoms with Crippen LogP contribution >= 0.6 is 0 Å². The van der Waals surface area contributed by atoms with E-state index in [0.29, 0.717) is 6.04 Å². The summed E-state index contributed by atoms with van der Waals surface area (Å²) in [4.78, 5) is 6.47. The molecule has 0 radical (unpaired) electrons. The second kappa shape index (κ2) is 7.28. The maximum Gasteiger partial charge on any atom is 0.0400 e. The van der Waals surface area contributed by atoms with Gasteiger partial charge < -0.3 is 10.2 Å². The van der Waals surface area contributed by atoms with Crippen molar-refractivity contribution in [2.45, 2.75) is 39.7 Å². The minimum absolute atomic E-state index is 0.644. The second-order valence-corrected chi connectivity index (χ2v) is 4.90. The number of anilines is 1. The van der Waals surface area contributed by atoms with Crippen molar-refractivity contribution in [3.8, 4) is 0 Å². The molecule has 0 amide bonds. The number of rotatable bonds is 7. The van der Waals surface area contributed by atoms with Gasteiger partial charge in [0, 0.05) is 30.7 Å². The van der Waals surface area contributed by atoms with Gasteiger partial charge in [-0.25, -0.2) is 0 Å². The van der Waals surface area contributed by atoms with E-state index in [4.69, 9.17) is 0 Å². The molecular weight excluding hydrogens is 210 g/mol. The Hall–Kier alpha value is -1.09. The molecule has 0 aromatic carbocycles. The van der Waals surface area contributed by atoms with E-state index in [1.54, 1.807) is 0 Å². The lowest BCUT2D eigenvalue weighted by molar-refractivity contribution is 0.269. The molecule has 0 atom stereocenters. The lowest BCUT2D eigenvalue weighted by Gasteiger charge is -2.20. The molecule has 0 spiro atoms. The fourth-order valence-corrected chi connectivity index (χ4v) is 1.64. The van der Waals surface area contributed by atoms with Gasteiger partial charge in [0.25, 0.3) is 0 Å². The molecule has 1 aromatic rings. The normalized spacial score (nSPS) is 11.2. The topological polar surface area (TPSA) is 28.2 Å². The van der Waals surface area contributed by atoms with E-state index in [0.717, 1.165) is 6.54 Å². The van der Waals surface area contributed by atoms with Crippen LogP contribution in [0, 0.1) is 6.92 Å². The van der Waals surface area contributed by atoms with E-state index < -0.39 is 0 Å². The Kier molecular flexibility index (Phi) is 5.98. The van der Waals surface area contributed by atoms with Crippen LogP contribution in [0.3, 0.4) is 0 Å². The zero-order chi connectivity index (χ0) is 12.7. The molecule has 1 aromatic heterocycles. The highest BCUT2D eigenvalue weighted by molar-refractivity contribution is 5.48. The molecule has 0 saturated heterocycles. The number of pyridine rings is 1. The maximum absolute atomic E-state index is 4.09. The number of hydrogen-bond donors (Lipinski definition) is 1. The van der Waals surface area contributed by atoms with Crippen molar-refractivity contribution in [2.75, 3.05) is 25.5 Å². The number of nitrogens with one attached hydrogen (secondary N) is 1. The van der Waals surface area contributed by atoms with E-state index in [1.807, 2.05) is 18.5 Å². The van der Waals surface area contributed by atoms with E-state index in [2.05, 4.69) is 43.0 Å². The maximum atomic E-state index is 4.09. The summed E-state index contributed by atoms with van der Waals surface area (Å²) in [5.41, 5.74) is 2.42. The van der Waals surface area contributed by atoms with E-state index >= 15 is 0 Å². The van der Waals surface area contributed by atoms with Gasteiger partial charge >= 0.3 is 0 Å². The van der Waals surface area contributed by atoms with Crippen LogP contribution in [0.1, 0.15) is 32.3 Å². The highest BCUT2D eigenvalue weighted by Gasteiger charge is 2.02. The number of nitrogens with zero attached hydrogens (tertiary/aromatic N) is 2. The van der Waals surface area contributed by atoms with Gasteiger partial charge in [-0.15, -0.1) is 0 Å².